The monoisotopic (exact) mass is 207 g/mol. The van der Waals surface area contributed by atoms with Gasteiger partial charge in [0.15, 0.2) is 0 Å². The molecule has 1 aromatic carbocycles. The molecule has 1 rings (SSSR count). The first kappa shape index (κ1) is 11.1. The minimum atomic E-state index is 0.0858. The van der Waals surface area contributed by atoms with E-state index < -0.39 is 0 Å². The molecule has 1 unspecified atom stereocenters. The molecule has 0 heterocycles. The molecular formula is C12H14ClN. The predicted octanol–water partition coefficient (Wildman–Crippen LogP) is 4.03. The van der Waals surface area contributed by atoms with Crippen LogP contribution in [0.3, 0.4) is 0 Å². The number of nitriles is 1. The topological polar surface area (TPSA) is 23.8 Å². The summed E-state index contributed by atoms with van der Waals surface area (Å²) < 4.78 is 0. The highest BCUT2D eigenvalue weighted by Crippen LogP contribution is 2.26. The molecular weight excluding hydrogens is 194 g/mol. The van der Waals surface area contributed by atoms with Gasteiger partial charge in [-0.2, -0.15) is 5.26 Å². The van der Waals surface area contributed by atoms with Gasteiger partial charge in [-0.3, -0.25) is 0 Å². The van der Waals surface area contributed by atoms with Crippen molar-refractivity contribution in [2.45, 2.75) is 31.6 Å². The van der Waals surface area contributed by atoms with Gasteiger partial charge in [-0.15, -0.1) is 11.6 Å². The maximum atomic E-state index is 8.63. The van der Waals surface area contributed by atoms with Crippen molar-refractivity contribution < 1.29 is 0 Å². The van der Waals surface area contributed by atoms with E-state index in [9.17, 15) is 0 Å². The first-order chi connectivity index (χ1) is 6.77. The van der Waals surface area contributed by atoms with Crippen molar-refractivity contribution in [3.05, 3.63) is 35.4 Å². The highest BCUT2D eigenvalue weighted by molar-refractivity contribution is 6.20. The fourth-order valence-corrected chi connectivity index (χ4v) is 1.62. The number of hydrogen-bond acceptors (Lipinski definition) is 1. The third kappa shape index (κ3) is 3.05. The molecule has 1 atom stereocenters. The molecule has 74 valence electrons. The van der Waals surface area contributed by atoms with E-state index in [-0.39, 0.29) is 5.38 Å². The summed E-state index contributed by atoms with van der Waals surface area (Å²) in [6, 6.07) is 9.60. The second-order valence-corrected chi connectivity index (χ2v) is 3.87. The average molecular weight is 208 g/mol. The Kier molecular flexibility index (Phi) is 4.49. The Labute approximate surface area is 90.3 Å². The van der Waals surface area contributed by atoms with Crippen molar-refractivity contribution in [3.8, 4) is 6.07 Å². The summed E-state index contributed by atoms with van der Waals surface area (Å²) in [5, 5.41) is 8.71. The molecule has 0 fully saturated rings. The lowest BCUT2D eigenvalue weighted by Crippen LogP contribution is -1.90. The van der Waals surface area contributed by atoms with E-state index in [4.69, 9.17) is 16.9 Å². The zero-order chi connectivity index (χ0) is 10.4. The van der Waals surface area contributed by atoms with Gasteiger partial charge in [-0.1, -0.05) is 31.9 Å². The number of halogens is 1. The quantitative estimate of drug-likeness (QED) is 0.684. The smallest absolute Gasteiger partial charge is 0.0991 e. The van der Waals surface area contributed by atoms with Crippen LogP contribution in [-0.2, 0) is 0 Å². The second kappa shape index (κ2) is 5.67. The van der Waals surface area contributed by atoms with Crippen LogP contribution in [0.15, 0.2) is 24.3 Å². The zero-order valence-electron chi connectivity index (χ0n) is 8.33. The molecule has 0 bridgehead atoms. The number of nitrogens with zero attached hydrogens (tertiary/aromatic N) is 1. The second-order valence-electron chi connectivity index (χ2n) is 3.34. The Morgan fingerprint density at radius 3 is 2.50 bits per heavy atom. The van der Waals surface area contributed by atoms with Crippen LogP contribution in [0.25, 0.3) is 0 Å². The van der Waals surface area contributed by atoms with Gasteiger partial charge in [0.05, 0.1) is 17.0 Å². The van der Waals surface area contributed by atoms with Gasteiger partial charge in [0.1, 0.15) is 0 Å². The van der Waals surface area contributed by atoms with E-state index in [1.807, 2.05) is 24.3 Å². The average Bonchev–Trinajstić information content (AvgIpc) is 2.26. The summed E-state index contributed by atoms with van der Waals surface area (Å²) in [7, 11) is 0. The largest absolute Gasteiger partial charge is 0.192 e. The molecule has 0 N–H and O–H groups in total. The lowest BCUT2D eigenvalue weighted by atomic mass is 10.1. The fraction of sp³-hybridized carbons (Fsp3) is 0.417. The van der Waals surface area contributed by atoms with E-state index in [2.05, 4.69) is 13.0 Å². The Morgan fingerprint density at radius 2 is 2.00 bits per heavy atom. The zero-order valence-corrected chi connectivity index (χ0v) is 9.09. The molecule has 1 nitrogen and oxygen atoms in total. The van der Waals surface area contributed by atoms with Crippen molar-refractivity contribution in [2.75, 3.05) is 0 Å². The first-order valence-electron chi connectivity index (χ1n) is 4.92. The molecule has 1 aromatic rings. The Balaban J connectivity index is 2.63. The number of hydrogen-bond donors (Lipinski definition) is 0. The van der Waals surface area contributed by atoms with Gasteiger partial charge >= 0.3 is 0 Å². The van der Waals surface area contributed by atoms with Crippen molar-refractivity contribution in [2.24, 2.45) is 0 Å². The Hall–Kier alpha value is -1.00. The van der Waals surface area contributed by atoms with Crippen LogP contribution in [0, 0.1) is 11.3 Å². The van der Waals surface area contributed by atoms with Crippen molar-refractivity contribution in [1.29, 1.82) is 5.26 Å². The molecule has 0 saturated heterocycles. The van der Waals surface area contributed by atoms with Gasteiger partial charge in [-0.05, 0) is 24.1 Å². The van der Waals surface area contributed by atoms with Crippen molar-refractivity contribution in [3.63, 3.8) is 0 Å². The minimum Gasteiger partial charge on any atom is -0.192 e. The third-order valence-electron chi connectivity index (χ3n) is 2.21. The van der Waals surface area contributed by atoms with Crippen LogP contribution in [0.4, 0.5) is 0 Å². The molecule has 0 saturated carbocycles. The van der Waals surface area contributed by atoms with Crippen LogP contribution in [0.2, 0.25) is 0 Å². The molecule has 2 heteroatoms. The molecule has 0 aliphatic rings. The lowest BCUT2D eigenvalue weighted by Gasteiger charge is -2.08. The van der Waals surface area contributed by atoms with Crippen LogP contribution in [0.1, 0.15) is 42.7 Å². The molecule has 14 heavy (non-hydrogen) atoms. The predicted molar refractivity (Wildman–Crippen MR) is 59.3 cm³/mol. The minimum absolute atomic E-state index is 0.0858. The highest BCUT2D eigenvalue weighted by atomic mass is 35.5. The first-order valence-corrected chi connectivity index (χ1v) is 5.35. The molecule has 0 spiro atoms. The number of rotatable bonds is 4. The maximum absolute atomic E-state index is 8.63. The number of alkyl halides is 1. The van der Waals surface area contributed by atoms with Crippen molar-refractivity contribution in [1.82, 2.24) is 0 Å². The van der Waals surface area contributed by atoms with E-state index in [1.165, 1.54) is 6.42 Å². The summed E-state index contributed by atoms with van der Waals surface area (Å²) in [4.78, 5) is 0. The Morgan fingerprint density at radius 1 is 1.36 bits per heavy atom. The number of benzene rings is 1. The normalized spacial score (nSPS) is 12.1. The molecule has 0 radical (unpaired) electrons. The van der Waals surface area contributed by atoms with Crippen molar-refractivity contribution >= 4 is 11.6 Å². The summed E-state index contributed by atoms with van der Waals surface area (Å²) >= 11 is 6.20. The standard InChI is InChI=1S/C12H14ClN/c1-2-3-4-12(13)11-7-5-10(9-14)6-8-11/h5-8,12H,2-4H2,1H3. The van der Waals surface area contributed by atoms with Gasteiger partial charge in [0.25, 0.3) is 0 Å². The molecule has 0 aromatic heterocycles. The van der Waals surface area contributed by atoms with Gasteiger partial charge in [0, 0.05) is 0 Å². The SMILES string of the molecule is CCCCC(Cl)c1ccc(C#N)cc1. The summed E-state index contributed by atoms with van der Waals surface area (Å²) in [5.41, 5.74) is 1.80. The molecule has 0 amide bonds. The Bertz CT molecular complexity index is 310. The fourth-order valence-electron chi connectivity index (χ4n) is 1.32. The van der Waals surface area contributed by atoms with Crippen LogP contribution < -0.4 is 0 Å². The third-order valence-corrected chi connectivity index (χ3v) is 2.68. The summed E-state index contributed by atoms with van der Waals surface area (Å²) in [6.45, 7) is 2.16. The van der Waals surface area contributed by atoms with E-state index in [0.29, 0.717) is 5.56 Å². The van der Waals surface area contributed by atoms with Crippen LogP contribution >= 0.6 is 11.6 Å². The lowest BCUT2D eigenvalue weighted by molar-refractivity contribution is 0.701. The number of unbranched alkanes of at least 4 members (excludes halogenated alkanes) is 1. The van der Waals surface area contributed by atoms with E-state index in [0.717, 1.165) is 18.4 Å². The summed E-state index contributed by atoms with van der Waals surface area (Å²) in [6.07, 6.45) is 3.32. The van der Waals surface area contributed by atoms with Gasteiger partial charge in [0.2, 0.25) is 0 Å². The highest BCUT2D eigenvalue weighted by Gasteiger charge is 2.06. The maximum Gasteiger partial charge on any atom is 0.0991 e. The van der Waals surface area contributed by atoms with Crippen LogP contribution in [0.5, 0.6) is 0 Å². The molecule has 0 aliphatic carbocycles. The van der Waals surface area contributed by atoms with Crippen LogP contribution in [-0.4, -0.2) is 0 Å². The van der Waals surface area contributed by atoms with E-state index >= 15 is 0 Å². The van der Waals surface area contributed by atoms with Gasteiger partial charge < -0.3 is 0 Å². The summed E-state index contributed by atoms with van der Waals surface area (Å²) in [5.74, 6) is 0. The van der Waals surface area contributed by atoms with Gasteiger partial charge in [-0.25, -0.2) is 0 Å². The molecule has 0 aliphatic heterocycles. The van der Waals surface area contributed by atoms with E-state index in [1.54, 1.807) is 0 Å².